The molecule has 0 aliphatic carbocycles. The monoisotopic (exact) mass is 412 g/mol. The predicted molar refractivity (Wildman–Crippen MR) is 132 cm³/mol. The summed E-state index contributed by atoms with van der Waals surface area (Å²) >= 11 is 0. The predicted octanol–water partition coefficient (Wildman–Crippen LogP) is 10.0. The van der Waals surface area contributed by atoms with Gasteiger partial charge in [0.1, 0.15) is 0 Å². The Hall–Kier alpha value is 0.177. The summed E-state index contributed by atoms with van der Waals surface area (Å²) < 4.78 is 5.91. The molecule has 0 aromatic rings. The second kappa shape index (κ2) is 21.9. The lowest BCUT2D eigenvalue weighted by Gasteiger charge is -2.16. The van der Waals surface area contributed by atoms with Gasteiger partial charge in [-0.3, -0.25) is 0 Å². The van der Waals surface area contributed by atoms with Crippen molar-refractivity contribution >= 4 is 8.32 Å². The van der Waals surface area contributed by atoms with E-state index in [0.29, 0.717) is 0 Å². The molecule has 170 valence electrons. The van der Waals surface area contributed by atoms with Gasteiger partial charge < -0.3 is 4.43 Å². The van der Waals surface area contributed by atoms with Crippen molar-refractivity contribution in [2.24, 2.45) is 0 Å². The van der Waals surface area contributed by atoms with E-state index >= 15 is 0 Å². The zero-order valence-electron chi connectivity index (χ0n) is 20.5. The average Bonchev–Trinajstić information content (AvgIpc) is 2.65. The first-order valence-corrected chi connectivity index (χ1v) is 16.6. The van der Waals surface area contributed by atoms with Crippen LogP contribution in [0, 0.1) is 0 Å². The molecule has 0 aliphatic heterocycles. The minimum atomic E-state index is -1.27. The minimum Gasteiger partial charge on any atom is -0.418 e. The third kappa shape index (κ3) is 26.2. The molecular formula is C26H56OSi. The maximum Gasteiger partial charge on any atom is 0.183 e. The first kappa shape index (κ1) is 28.2. The summed E-state index contributed by atoms with van der Waals surface area (Å²) in [6, 6.07) is 0. The fourth-order valence-electron chi connectivity index (χ4n) is 3.91. The smallest absolute Gasteiger partial charge is 0.183 e. The van der Waals surface area contributed by atoms with Gasteiger partial charge in [0.2, 0.25) is 0 Å². The molecule has 1 nitrogen and oxygen atoms in total. The molecule has 0 N–H and O–H groups in total. The second-order valence-corrected chi connectivity index (χ2v) is 14.5. The fraction of sp³-hybridized carbons (Fsp3) is 1.00. The van der Waals surface area contributed by atoms with E-state index in [9.17, 15) is 0 Å². The molecule has 0 unspecified atom stereocenters. The van der Waals surface area contributed by atoms with E-state index in [2.05, 4.69) is 26.6 Å². The summed E-state index contributed by atoms with van der Waals surface area (Å²) in [6.45, 7) is 10.1. The molecule has 0 radical (unpaired) electrons. The zero-order chi connectivity index (χ0) is 20.8. The molecule has 0 saturated carbocycles. The maximum absolute atomic E-state index is 5.91. The topological polar surface area (TPSA) is 9.23 Å². The van der Waals surface area contributed by atoms with Crippen LogP contribution >= 0.6 is 0 Å². The molecule has 0 aliphatic rings. The van der Waals surface area contributed by atoms with Gasteiger partial charge >= 0.3 is 0 Å². The molecule has 0 rings (SSSR count). The third-order valence-electron chi connectivity index (χ3n) is 5.78. The molecule has 0 amide bonds. The Kier molecular flexibility index (Phi) is 22.0. The molecule has 0 bridgehead atoms. The highest BCUT2D eigenvalue weighted by atomic mass is 28.4. The molecule has 0 fully saturated rings. The summed E-state index contributed by atoms with van der Waals surface area (Å²) in [4.78, 5) is 0. The molecule has 0 aromatic carbocycles. The Labute approximate surface area is 180 Å². The van der Waals surface area contributed by atoms with Crippen LogP contribution in [0.3, 0.4) is 0 Å². The van der Waals surface area contributed by atoms with Crippen molar-refractivity contribution in [1.82, 2.24) is 0 Å². The lowest BCUT2D eigenvalue weighted by molar-refractivity contribution is 0.298. The van der Waals surface area contributed by atoms with Crippen molar-refractivity contribution in [3.63, 3.8) is 0 Å². The van der Waals surface area contributed by atoms with Crippen LogP contribution in [0.2, 0.25) is 19.6 Å². The Morgan fingerprint density at radius 1 is 0.393 bits per heavy atom. The van der Waals surface area contributed by atoms with E-state index in [1.807, 2.05) is 0 Å². The van der Waals surface area contributed by atoms with Gasteiger partial charge in [0.15, 0.2) is 8.32 Å². The standard InChI is InChI=1S/C26H56OSi/c1-5-6-7-8-9-10-11-12-13-14-15-16-17-18-19-20-21-22-23-24-25-26-27-28(2,3)4/h5-26H2,1-4H3. The molecule has 0 aromatic heterocycles. The number of unbranched alkanes of at least 4 members (excludes halogenated alkanes) is 20. The van der Waals surface area contributed by atoms with Crippen molar-refractivity contribution in [2.75, 3.05) is 6.61 Å². The van der Waals surface area contributed by atoms with Crippen LogP contribution in [0.4, 0.5) is 0 Å². The Bertz CT molecular complexity index is 285. The highest BCUT2D eigenvalue weighted by Gasteiger charge is 2.12. The molecule has 0 atom stereocenters. The van der Waals surface area contributed by atoms with E-state index < -0.39 is 8.32 Å². The van der Waals surface area contributed by atoms with Crippen LogP contribution < -0.4 is 0 Å². The van der Waals surface area contributed by atoms with Crippen LogP contribution in [0.1, 0.15) is 142 Å². The normalized spacial score (nSPS) is 12.0. The first-order chi connectivity index (χ1) is 13.6. The molecular weight excluding hydrogens is 356 g/mol. The summed E-state index contributed by atoms with van der Waals surface area (Å²) in [6.07, 6.45) is 30.4. The van der Waals surface area contributed by atoms with Crippen LogP contribution in [0.5, 0.6) is 0 Å². The lowest BCUT2D eigenvalue weighted by Crippen LogP contribution is -2.25. The van der Waals surface area contributed by atoms with Crippen LogP contribution in [0.15, 0.2) is 0 Å². The highest BCUT2D eigenvalue weighted by molar-refractivity contribution is 6.69. The van der Waals surface area contributed by atoms with E-state index in [-0.39, 0.29) is 0 Å². The maximum atomic E-state index is 5.91. The number of hydrogen-bond acceptors (Lipinski definition) is 1. The first-order valence-electron chi connectivity index (χ1n) is 13.2. The van der Waals surface area contributed by atoms with E-state index in [1.54, 1.807) is 0 Å². The number of hydrogen-bond donors (Lipinski definition) is 0. The Morgan fingerprint density at radius 3 is 0.893 bits per heavy atom. The van der Waals surface area contributed by atoms with Crippen LogP contribution in [0.25, 0.3) is 0 Å². The Balaban J connectivity index is 3.01. The van der Waals surface area contributed by atoms with Crippen molar-refractivity contribution < 1.29 is 4.43 Å². The van der Waals surface area contributed by atoms with Crippen LogP contribution in [-0.4, -0.2) is 14.9 Å². The zero-order valence-corrected chi connectivity index (χ0v) is 21.5. The van der Waals surface area contributed by atoms with Crippen molar-refractivity contribution in [2.45, 2.75) is 161 Å². The van der Waals surface area contributed by atoms with E-state index in [1.165, 1.54) is 135 Å². The number of rotatable bonds is 23. The lowest BCUT2D eigenvalue weighted by atomic mass is 10.0. The largest absolute Gasteiger partial charge is 0.418 e. The molecule has 2 heteroatoms. The third-order valence-corrected chi connectivity index (χ3v) is 6.85. The quantitative estimate of drug-likeness (QED) is 0.120. The second-order valence-electron chi connectivity index (χ2n) is 10.0. The van der Waals surface area contributed by atoms with Gasteiger partial charge in [0, 0.05) is 6.61 Å². The van der Waals surface area contributed by atoms with E-state index in [0.717, 1.165) is 6.61 Å². The minimum absolute atomic E-state index is 0.995. The fourth-order valence-corrected chi connectivity index (χ4v) is 4.67. The SMILES string of the molecule is CCCCCCCCCCCCCCCCCCCCCCCO[Si](C)(C)C. The van der Waals surface area contributed by atoms with E-state index in [4.69, 9.17) is 4.43 Å². The summed E-state index contributed by atoms with van der Waals surface area (Å²) in [5.74, 6) is 0. The van der Waals surface area contributed by atoms with Gasteiger partial charge in [-0.05, 0) is 26.1 Å². The molecule has 28 heavy (non-hydrogen) atoms. The van der Waals surface area contributed by atoms with Gasteiger partial charge in [0.25, 0.3) is 0 Å². The van der Waals surface area contributed by atoms with Gasteiger partial charge in [-0.1, -0.05) is 135 Å². The van der Waals surface area contributed by atoms with Crippen molar-refractivity contribution in [1.29, 1.82) is 0 Å². The van der Waals surface area contributed by atoms with Gasteiger partial charge in [-0.2, -0.15) is 0 Å². The highest BCUT2D eigenvalue weighted by Crippen LogP contribution is 2.15. The molecule has 0 heterocycles. The van der Waals surface area contributed by atoms with Crippen molar-refractivity contribution in [3.05, 3.63) is 0 Å². The van der Waals surface area contributed by atoms with Crippen LogP contribution in [-0.2, 0) is 4.43 Å². The van der Waals surface area contributed by atoms with Gasteiger partial charge in [-0.15, -0.1) is 0 Å². The molecule has 0 spiro atoms. The average molecular weight is 413 g/mol. The summed E-state index contributed by atoms with van der Waals surface area (Å²) in [7, 11) is -1.27. The Morgan fingerprint density at radius 2 is 0.643 bits per heavy atom. The summed E-state index contributed by atoms with van der Waals surface area (Å²) in [5.41, 5.74) is 0. The summed E-state index contributed by atoms with van der Waals surface area (Å²) in [5, 5.41) is 0. The van der Waals surface area contributed by atoms with Gasteiger partial charge in [0.05, 0.1) is 0 Å². The van der Waals surface area contributed by atoms with Gasteiger partial charge in [-0.25, -0.2) is 0 Å². The van der Waals surface area contributed by atoms with Crippen molar-refractivity contribution in [3.8, 4) is 0 Å². The molecule has 0 saturated heterocycles.